The van der Waals surface area contributed by atoms with Crippen LogP contribution in [-0.2, 0) is 0 Å². The lowest BCUT2D eigenvalue weighted by atomic mass is 10.2. The minimum Gasteiger partial charge on any atom is -0.265 e. The van der Waals surface area contributed by atoms with E-state index < -0.39 is 0 Å². The fourth-order valence-electron chi connectivity index (χ4n) is 1.29. The van der Waals surface area contributed by atoms with Crippen molar-refractivity contribution in [2.45, 2.75) is 6.92 Å². The van der Waals surface area contributed by atoms with Crippen LogP contribution < -0.4 is 0 Å². The van der Waals surface area contributed by atoms with Crippen molar-refractivity contribution >= 4 is 23.5 Å². The minimum atomic E-state index is 1.11. The van der Waals surface area contributed by atoms with Crippen LogP contribution in [-0.4, -0.2) is 4.98 Å². The summed E-state index contributed by atoms with van der Waals surface area (Å²) in [6, 6.07) is 8.10. The Morgan fingerprint density at radius 2 is 1.94 bits per heavy atom. The molecule has 78 valence electrons. The highest BCUT2D eigenvalue weighted by atomic mass is 32.1. The van der Waals surface area contributed by atoms with Crippen molar-refractivity contribution in [3.8, 4) is 11.8 Å². The molecule has 0 aromatic carbocycles. The summed E-state index contributed by atoms with van der Waals surface area (Å²) in [4.78, 5) is 6.30. The fraction of sp³-hybridized carbons (Fsp3) is 0.0714. The quantitative estimate of drug-likeness (QED) is 0.710. The Hall–Kier alpha value is -1.85. The maximum absolute atomic E-state index is 3.98. The van der Waals surface area contributed by atoms with Gasteiger partial charge in [-0.15, -0.1) is 17.3 Å². The molecule has 0 saturated carbocycles. The average molecular weight is 225 g/mol. The van der Waals surface area contributed by atoms with Gasteiger partial charge in [0, 0.05) is 17.3 Å². The zero-order valence-electron chi connectivity index (χ0n) is 8.97. The molecule has 16 heavy (non-hydrogen) atoms. The summed E-state index contributed by atoms with van der Waals surface area (Å²) in [7, 11) is 0. The van der Waals surface area contributed by atoms with E-state index in [4.69, 9.17) is 0 Å². The molecule has 2 rings (SSSR count). The molecule has 0 radical (unpaired) electrons. The van der Waals surface area contributed by atoms with Gasteiger partial charge < -0.3 is 0 Å². The molecule has 2 aromatic heterocycles. The summed E-state index contributed by atoms with van der Waals surface area (Å²) in [6.07, 6.45) is 7.77. The SMILES string of the molecule is CC#Cc1ccc(/C=C/c2ccncc2)s1. The number of rotatable bonds is 2. The Balaban J connectivity index is 2.14. The molecule has 0 fully saturated rings. The zero-order valence-corrected chi connectivity index (χ0v) is 9.79. The van der Waals surface area contributed by atoms with E-state index in [-0.39, 0.29) is 0 Å². The second-order valence-electron chi connectivity index (χ2n) is 3.19. The highest BCUT2D eigenvalue weighted by Crippen LogP contribution is 2.18. The first kappa shape index (κ1) is 10.7. The number of aromatic nitrogens is 1. The van der Waals surface area contributed by atoms with E-state index in [0.29, 0.717) is 0 Å². The molecule has 0 aliphatic rings. The summed E-state index contributed by atoms with van der Waals surface area (Å²) in [5, 5.41) is 0. The first-order chi connectivity index (χ1) is 7.88. The largest absolute Gasteiger partial charge is 0.265 e. The molecule has 0 N–H and O–H groups in total. The smallest absolute Gasteiger partial charge is 0.0774 e. The zero-order chi connectivity index (χ0) is 11.2. The van der Waals surface area contributed by atoms with Crippen LogP contribution in [0.25, 0.3) is 12.2 Å². The lowest BCUT2D eigenvalue weighted by Gasteiger charge is -1.89. The second kappa shape index (κ2) is 5.29. The summed E-state index contributed by atoms with van der Waals surface area (Å²) in [5.41, 5.74) is 1.16. The van der Waals surface area contributed by atoms with Crippen LogP contribution in [0.15, 0.2) is 36.7 Å². The topological polar surface area (TPSA) is 12.9 Å². The van der Waals surface area contributed by atoms with Crippen LogP contribution in [0.4, 0.5) is 0 Å². The molecular formula is C14H11NS. The van der Waals surface area contributed by atoms with Gasteiger partial charge in [-0.05, 0) is 42.8 Å². The van der Waals surface area contributed by atoms with Crippen molar-refractivity contribution in [3.05, 3.63) is 52.0 Å². The van der Waals surface area contributed by atoms with Gasteiger partial charge in [-0.3, -0.25) is 4.98 Å². The van der Waals surface area contributed by atoms with E-state index >= 15 is 0 Å². The average Bonchev–Trinajstić information content (AvgIpc) is 2.76. The summed E-state index contributed by atoms with van der Waals surface area (Å²) >= 11 is 1.70. The molecule has 0 aliphatic carbocycles. The third-order valence-corrected chi connectivity index (χ3v) is 2.99. The number of nitrogens with zero attached hydrogens (tertiary/aromatic N) is 1. The van der Waals surface area contributed by atoms with E-state index in [1.807, 2.05) is 25.1 Å². The third kappa shape index (κ3) is 2.82. The highest BCUT2D eigenvalue weighted by Gasteiger charge is 1.93. The van der Waals surface area contributed by atoms with Crippen molar-refractivity contribution in [1.29, 1.82) is 0 Å². The van der Waals surface area contributed by atoms with Crippen LogP contribution in [0.3, 0.4) is 0 Å². The minimum absolute atomic E-state index is 1.11. The van der Waals surface area contributed by atoms with Gasteiger partial charge in [0.15, 0.2) is 0 Å². The molecule has 0 aliphatic heterocycles. The molecule has 2 heteroatoms. The van der Waals surface area contributed by atoms with Crippen LogP contribution in [0.2, 0.25) is 0 Å². The molecule has 0 atom stereocenters. The lowest BCUT2D eigenvalue weighted by molar-refractivity contribution is 1.32. The van der Waals surface area contributed by atoms with Gasteiger partial charge in [-0.1, -0.05) is 12.0 Å². The predicted octanol–water partition coefficient (Wildman–Crippen LogP) is 3.68. The molecule has 0 bridgehead atoms. The summed E-state index contributed by atoms with van der Waals surface area (Å²) < 4.78 is 0. The maximum atomic E-state index is 3.98. The highest BCUT2D eigenvalue weighted by molar-refractivity contribution is 7.13. The normalized spacial score (nSPS) is 10.1. The maximum Gasteiger partial charge on any atom is 0.0774 e. The Morgan fingerprint density at radius 3 is 2.69 bits per heavy atom. The predicted molar refractivity (Wildman–Crippen MR) is 70.0 cm³/mol. The van der Waals surface area contributed by atoms with E-state index in [9.17, 15) is 0 Å². The van der Waals surface area contributed by atoms with Crippen molar-refractivity contribution in [3.63, 3.8) is 0 Å². The lowest BCUT2D eigenvalue weighted by Crippen LogP contribution is -1.71. The molecule has 0 amide bonds. The monoisotopic (exact) mass is 225 g/mol. The number of thiophene rings is 1. The molecule has 2 heterocycles. The second-order valence-corrected chi connectivity index (χ2v) is 4.31. The Labute approximate surface area is 99.5 Å². The van der Waals surface area contributed by atoms with Gasteiger partial charge in [0.05, 0.1) is 4.88 Å². The first-order valence-electron chi connectivity index (χ1n) is 4.99. The summed E-state index contributed by atoms with van der Waals surface area (Å²) in [5.74, 6) is 5.95. The van der Waals surface area contributed by atoms with Gasteiger partial charge in [0.25, 0.3) is 0 Å². The van der Waals surface area contributed by atoms with Crippen LogP contribution >= 0.6 is 11.3 Å². The van der Waals surface area contributed by atoms with Gasteiger partial charge >= 0.3 is 0 Å². The van der Waals surface area contributed by atoms with E-state index in [2.05, 4.69) is 35.0 Å². The summed E-state index contributed by atoms with van der Waals surface area (Å²) in [6.45, 7) is 1.85. The van der Waals surface area contributed by atoms with Gasteiger partial charge in [0.2, 0.25) is 0 Å². The number of pyridine rings is 1. The van der Waals surface area contributed by atoms with Gasteiger partial charge in [0.1, 0.15) is 0 Å². The Kier molecular flexibility index (Phi) is 3.53. The van der Waals surface area contributed by atoms with Gasteiger partial charge in [-0.25, -0.2) is 0 Å². The van der Waals surface area contributed by atoms with Crippen LogP contribution in [0, 0.1) is 11.8 Å². The molecule has 1 nitrogen and oxygen atoms in total. The number of hydrogen-bond acceptors (Lipinski definition) is 2. The van der Waals surface area contributed by atoms with Crippen molar-refractivity contribution < 1.29 is 0 Å². The van der Waals surface area contributed by atoms with Crippen LogP contribution in [0.5, 0.6) is 0 Å². The van der Waals surface area contributed by atoms with Crippen LogP contribution in [0.1, 0.15) is 22.2 Å². The third-order valence-electron chi connectivity index (χ3n) is 2.02. The standard InChI is InChI=1S/C14H11NS/c1-2-3-13-6-7-14(16-13)5-4-12-8-10-15-11-9-12/h4-11H,1H3/b5-4+. The van der Waals surface area contributed by atoms with Crippen molar-refractivity contribution in [1.82, 2.24) is 4.98 Å². The molecular weight excluding hydrogens is 214 g/mol. The Morgan fingerprint density at radius 1 is 1.12 bits per heavy atom. The molecule has 2 aromatic rings. The van der Waals surface area contributed by atoms with Crippen molar-refractivity contribution in [2.75, 3.05) is 0 Å². The first-order valence-corrected chi connectivity index (χ1v) is 5.81. The fourth-order valence-corrected chi connectivity index (χ4v) is 2.10. The van der Waals surface area contributed by atoms with Gasteiger partial charge in [-0.2, -0.15) is 0 Å². The van der Waals surface area contributed by atoms with E-state index in [1.165, 1.54) is 4.88 Å². The molecule has 0 spiro atoms. The molecule has 0 saturated heterocycles. The van der Waals surface area contributed by atoms with E-state index in [1.54, 1.807) is 23.7 Å². The molecule has 0 unspecified atom stereocenters. The Bertz CT molecular complexity index is 541. The van der Waals surface area contributed by atoms with E-state index in [0.717, 1.165) is 10.4 Å². The van der Waals surface area contributed by atoms with Crippen molar-refractivity contribution in [2.24, 2.45) is 0 Å². The number of hydrogen-bond donors (Lipinski definition) is 0.